The summed E-state index contributed by atoms with van der Waals surface area (Å²) >= 11 is 1.30. The summed E-state index contributed by atoms with van der Waals surface area (Å²) in [4.78, 5) is 12.2. The van der Waals surface area contributed by atoms with Crippen LogP contribution in [0.25, 0.3) is 0 Å². The van der Waals surface area contributed by atoms with Crippen molar-refractivity contribution in [2.24, 2.45) is 5.41 Å². The van der Waals surface area contributed by atoms with E-state index in [4.69, 9.17) is 14.2 Å². The Bertz CT molecular complexity index is 1270. The topological polar surface area (TPSA) is 48.0 Å². The van der Waals surface area contributed by atoms with Crippen LogP contribution in [0, 0.1) is 17.0 Å². The number of rotatable bonds is 9. The molecular formula is C29H29F2NO4S. The van der Waals surface area contributed by atoms with Crippen molar-refractivity contribution in [3.05, 3.63) is 88.5 Å². The lowest BCUT2D eigenvalue weighted by atomic mass is 9.88. The molecule has 0 aromatic heterocycles. The lowest BCUT2D eigenvalue weighted by Crippen LogP contribution is -2.47. The molecule has 194 valence electrons. The highest BCUT2D eigenvalue weighted by atomic mass is 32.2. The van der Waals surface area contributed by atoms with Crippen molar-refractivity contribution in [1.29, 1.82) is 0 Å². The first-order valence-electron chi connectivity index (χ1n) is 12.3. The minimum atomic E-state index is -0.610. The van der Waals surface area contributed by atoms with E-state index in [0.717, 1.165) is 36.6 Å². The molecule has 1 aliphatic carbocycles. The van der Waals surface area contributed by atoms with Crippen LogP contribution in [0.2, 0.25) is 0 Å². The Balaban J connectivity index is 1.46. The van der Waals surface area contributed by atoms with E-state index in [1.54, 1.807) is 12.1 Å². The Kier molecular flexibility index (Phi) is 7.40. The van der Waals surface area contributed by atoms with E-state index >= 15 is 0 Å². The predicted molar refractivity (Wildman–Crippen MR) is 139 cm³/mol. The molecule has 5 rings (SSSR count). The zero-order valence-electron chi connectivity index (χ0n) is 20.9. The van der Waals surface area contributed by atoms with Crippen LogP contribution in [0.1, 0.15) is 40.4 Å². The molecule has 3 aromatic rings. The second kappa shape index (κ2) is 10.7. The minimum Gasteiger partial charge on any atom is -0.487 e. The van der Waals surface area contributed by atoms with Crippen LogP contribution < -0.4 is 9.04 Å². The van der Waals surface area contributed by atoms with Gasteiger partial charge in [0.1, 0.15) is 24.0 Å². The Morgan fingerprint density at radius 2 is 1.70 bits per heavy atom. The Morgan fingerprint density at radius 3 is 2.32 bits per heavy atom. The first kappa shape index (κ1) is 25.5. The number of hydrogen-bond donors (Lipinski definition) is 0. The molecule has 1 fully saturated rings. The van der Waals surface area contributed by atoms with Crippen LogP contribution in [-0.4, -0.2) is 32.8 Å². The summed E-state index contributed by atoms with van der Waals surface area (Å²) in [5.41, 5.74) is 4.71. The van der Waals surface area contributed by atoms with E-state index in [2.05, 4.69) is 23.4 Å². The number of carbonyl (C=O) groups is 1. The number of halogens is 2. The molecule has 0 spiro atoms. The van der Waals surface area contributed by atoms with Crippen molar-refractivity contribution >= 4 is 23.6 Å². The smallest absolute Gasteiger partial charge is 0.337 e. The summed E-state index contributed by atoms with van der Waals surface area (Å²) in [6.45, 7) is 4.32. The third kappa shape index (κ3) is 5.91. The van der Waals surface area contributed by atoms with Gasteiger partial charge in [0.25, 0.3) is 0 Å². The quantitative estimate of drug-likeness (QED) is 0.239. The number of ether oxygens (including phenoxy) is 3. The average molecular weight is 526 g/mol. The molecular weight excluding hydrogens is 496 g/mol. The highest BCUT2D eigenvalue weighted by Crippen LogP contribution is 2.43. The molecule has 3 aromatic carbocycles. The van der Waals surface area contributed by atoms with E-state index in [1.165, 1.54) is 42.3 Å². The number of anilines is 1. The van der Waals surface area contributed by atoms with Gasteiger partial charge in [-0.3, -0.25) is 0 Å². The van der Waals surface area contributed by atoms with Crippen LogP contribution >= 0.6 is 11.9 Å². The van der Waals surface area contributed by atoms with Crippen LogP contribution in [0.15, 0.2) is 59.5 Å². The Labute approximate surface area is 219 Å². The van der Waals surface area contributed by atoms with Gasteiger partial charge in [0.15, 0.2) is 0 Å². The van der Waals surface area contributed by atoms with Gasteiger partial charge < -0.3 is 18.5 Å². The average Bonchev–Trinajstić information content (AvgIpc) is 3.32. The lowest BCUT2D eigenvalue weighted by molar-refractivity contribution is -0.0939. The van der Waals surface area contributed by atoms with Gasteiger partial charge in [-0.15, -0.1) is 0 Å². The molecule has 37 heavy (non-hydrogen) atoms. The van der Waals surface area contributed by atoms with Gasteiger partial charge in [0.2, 0.25) is 0 Å². The van der Waals surface area contributed by atoms with E-state index < -0.39 is 11.6 Å². The van der Waals surface area contributed by atoms with Crippen molar-refractivity contribution in [1.82, 2.24) is 0 Å². The zero-order chi connectivity index (χ0) is 26.0. The number of carbonyl (C=O) groups excluding carboxylic acids is 1. The fourth-order valence-electron chi connectivity index (χ4n) is 4.68. The van der Waals surface area contributed by atoms with Gasteiger partial charge in [-0.05, 0) is 84.3 Å². The number of fused-ring (bicyclic) bond motifs is 1. The molecule has 1 saturated heterocycles. The molecule has 1 aliphatic heterocycles. The second-order valence-electron chi connectivity index (χ2n) is 9.96. The number of hydrogen-bond acceptors (Lipinski definition) is 6. The van der Waals surface area contributed by atoms with Crippen LogP contribution in [0.4, 0.5) is 14.5 Å². The second-order valence-corrected chi connectivity index (χ2v) is 11.1. The van der Waals surface area contributed by atoms with Gasteiger partial charge in [-0.1, -0.05) is 19.1 Å². The maximum absolute atomic E-state index is 14.0. The summed E-state index contributed by atoms with van der Waals surface area (Å²) in [5, 5.41) is 0. The van der Waals surface area contributed by atoms with Crippen molar-refractivity contribution in [3.63, 3.8) is 0 Å². The van der Waals surface area contributed by atoms with Crippen molar-refractivity contribution in [3.8, 4) is 5.75 Å². The van der Waals surface area contributed by atoms with Gasteiger partial charge >= 0.3 is 5.97 Å². The number of nitrogens with zero attached hydrogens (tertiary/aromatic N) is 1. The molecule has 1 heterocycles. The summed E-state index contributed by atoms with van der Waals surface area (Å²) < 4.78 is 46.7. The largest absolute Gasteiger partial charge is 0.487 e. The van der Waals surface area contributed by atoms with E-state index in [-0.39, 0.29) is 11.4 Å². The lowest BCUT2D eigenvalue weighted by Gasteiger charge is -2.42. The van der Waals surface area contributed by atoms with Gasteiger partial charge in [0.05, 0.1) is 31.6 Å². The zero-order valence-corrected chi connectivity index (χ0v) is 21.7. The van der Waals surface area contributed by atoms with Crippen LogP contribution in [-0.2, 0) is 28.9 Å². The molecule has 0 atom stereocenters. The first-order valence-corrected chi connectivity index (χ1v) is 13.0. The molecule has 0 amide bonds. The van der Waals surface area contributed by atoms with Crippen LogP contribution in [0.3, 0.4) is 0 Å². The fraction of sp³-hybridized carbons (Fsp3) is 0.345. The number of aryl methyl sites for hydroxylation is 2. The molecule has 2 aliphatic rings. The third-order valence-electron chi connectivity index (χ3n) is 6.69. The highest BCUT2D eigenvalue weighted by Gasteiger charge is 2.37. The summed E-state index contributed by atoms with van der Waals surface area (Å²) in [6, 6.07) is 14.9. The normalized spacial score (nSPS) is 15.6. The van der Waals surface area contributed by atoms with Gasteiger partial charge in [-0.2, -0.15) is 0 Å². The maximum Gasteiger partial charge on any atom is 0.337 e. The monoisotopic (exact) mass is 525 g/mol. The van der Waals surface area contributed by atoms with E-state index in [1.807, 2.05) is 12.1 Å². The van der Waals surface area contributed by atoms with Crippen molar-refractivity contribution < 1.29 is 27.8 Å². The first-order chi connectivity index (χ1) is 17.8. The SMILES string of the molecule is COC(=O)c1ccc(COc2cc3c(cc2N(CC2(C)COC2)Sc2cc(F)cc(F)c2)CCC3)cc1. The molecule has 0 bridgehead atoms. The molecule has 0 N–H and O–H groups in total. The fourth-order valence-corrected chi connectivity index (χ4v) is 5.88. The number of esters is 1. The van der Waals surface area contributed by atoms with Crippen molar-refractivity contribution in [2.75, 3.05) is 31.2 Å². The molecule has 0 radical (unpaired) electrons. The summed E-state index contributed by atoms with van der Waals surface area (Å²) in [5.74, 6) is -0.892. The standard InChI is InChI=1S/C29H29F2NO4S/c1-29(17-35-18-29)16-32(37-25-13-23(30)12-24(31)14-25)26-10-21-4-3-5-22(21)11-27(26)36-15-19-6-8-20(9-7-19)28(33)34-2/h6-14H,3-5,15-18H2,1-2H3. The minimum absolute atomic E-state index is 0.0845. The Hall–Kier alpha value is -3.10. The molecule has 8 heteroatoms. The van der Waals surface area contributed by atoms with E-state index in [9.17, 15) is 13.6 Å². The molecule has 0 unspecified atom stereocenters. The highest BCUT2D eigenvalue weighted by molar-refractivity contribution is 8.00. The maximum atomic E-state index is 14.0. The van der Waals surface area contributed by atoms with Crippen molar-refractivity contribution in [2.45, 2.75) is 37.7 Å². The van der Waals surface area contributed by atoms with E-state index in [0.29, 0.717) is 42.6 Å². The number of benzene rings is 3. The number of methoxy groups -OCH3 is 1. The van der Waals surface area contributed by atoms with Gasteiger partial charge in [0, 0.05) is 22.9 Å². The van der Waals surface area contributed by atoms with Crippen LogP contribution in [0.5, 0.6) is 5.75 Å². The summed E-state index contributed by atoms with van der Waals surface area (Å²) in [6.07, 6.45) is 3.07. The molecule has 0 saturated carbocycles. The summed E-state index contributed by atoms with van der Waals surface area (Å²) in [7, 11) is 1.35. The Morgan fingerprint density at radius 1 is 1.03 bits per heavy atom. The predicted octanol–water partition coefficient (Wildman–Crippen LogP) is 6.37. The third-order valence-corrected chi connectivity index (χ3v) is 7.68. The molecule has 5 nitrogen and oxygen atoms in total. The van der Waals surface area contributed by atoms with Gasteiger partial charge in [-0.25, -0.2) is 13.6 Å².